The zero-order chi connectivity index (χ0) is 22.8. The molecule has 0 aliphatic carbocycles. The number of aliphatic carboxylic acids is 1. The molecule has 0 atom stereocenters. The number of pyridine rings is 1. The van der Waals surface area contributed by atoms with Gasteiger partial charge in [-0.05, 0) is 29.8 Å². The van der Waals surface area contributed by atoms with Crippen LogP contribution in [0.15, 0.2) is 53.1 Å². The summed E-state index contributed by atoms with van der Waals surface area (Å²) in [7, 11) is 0. The molecule has 4 rings (SSSR count). The van der Waals surface area contributed by atoms with Crippen LogP contribution in [0.1, 0.15) is 16.8 Å². The molecule has 2 heterocycles. The lowest BCUT2D eigenvalue weighted by molar-refractivity contribution is -0.136. The van der Waals surface area contributed by atoms with Crippen molar-refractivity contribution in [2.45, 2.75) is 19.6 Å². The molecule has 0 spiro atoms. The van der Waals surface area contributed by atoms with Gasteiger partial charge in [-0.15, -0.1) is 0 Å². The molecule has 0 bridgehead atoms. The second kappa shape index (κ2) is 8.72. The third-order valence-corrected chi connectivity index (χ3v) is 4.86. The van der Waals surface area contributed by atoms with Gasteiger partial charge in [-0.2, -0.15) is 4.39 Å². The van der Waals surface area contributed by atoms with E-state index in [1.54, 1.807) is 12.1 Å². The molecule has 0 radical (unpaired) electrons. The van der Waals surface area contributed by atoms with E-state index in [4.69, 9.17) is 20.0 Å². The molecule has 0 aliphatic rings. The van der Waals surface area contributed by atoms with Crippen LogP contribution in [0.5, 0.6) is 5.75 Å². The smallest absolute Gasteiger partial charge is 0.307 e. The SMILES string of the molecule is NCc1nccc(-c2cc(COc3cc(F)ccc3CC(=O)O)cc3cc(F)oc23)c1F. The molecule has 3 N–H and O–H groups in total. The summed E-state index contributed by atoms with van der Waals surface area (Å²) in [6.45, 7) is -0.230. The molecule has 2 aromatic carbocycles. The van der Waals surface area contributed by atoms with Crippen LogP contribution < -0.4 is 10.5 Å². The molecule has 164 valence electrons. The van der Waals surface area contributed by atoms with Gasteiger partial charge in [0.2, 0.25) is 0 Å². The van der Waals surface area contributed by atoms with Crippen molar-refractivity contribution in [1.29, 1.82) is 0 Å². The van der Waals surface area contributed by atoms with E-state index in [0.29, 0.717) is 16.5 Å². The summed E-state index contributed by atoms with van der Waals surface area (Å²) in [4.78, 5) is 15.0. The number of carbonyl (C=O) groups is 1. The molecule has 0 amide bonds. The number of aromatic nitrogens is 1. The highest BCUT2D eigenvalue weighted by molar-refractivity contribution is 5.93. The third kappa shape index (κ3) is 4.28. The lowest BCUT2D eigenvalue weighted by Gasteiger charge is -2.13. The van der Waals surface area contributed by atoms with E-state index in [2.05, 4.69) is 4.98 Å². The Morgan fingerprint density at radius 2 is 1.91 bits per heavy atom. The fraction of sp³-hybridized carbons (Fsp3) is 0.130. The van der Waals surface area contributed by atoms with Gasteiger partial charge in [-0.1, -0.05) is 6.07 Å². The molecule has 0 aliphatic heterocycles. The first kappa shape index (κ1) is 21.4. The van der Waals surface area contributed by atoms with Crippen molar-refractivity contribution in [1.82, 2.24) is 4.98 Å². The summed E-state index contributed by atoms with van der Waals surface area (Å²) >= 11 is 0. The van der Waals surface area contributed by atoms with Gasteiger partial charge < -0.3 is 20.0 Å². The minimum Gasteiger partial charge on any atom is -0.488 e. The maximum Gasteiger partial charge on any atom is 0.307 e. The van der Waals surface area contributed by atoms with Gasteiger partial charge in [0.05, 0.1) is 12.1 Å². The Hall–Kier alpha value is -3.85. The zero-order valence-electron chi connectivity index (χ0n) is 16.6. The number of nitrogens with zero attached hydrogens (tertiary/aromatic N) is 1. The lowest BCUT2D eigenvalue weighted by atomic mass is 10.00. The van der Waals surface area contributed by atoms with Gasteiger partial charge in [0.25, 0.3) is 6.01 Å². The van der Waals surface area contributed by atoms with E-state index in [1.807, 2.05) is 0 Å². The highest BCUT2D eigenvalue weighted by atomic mass is 19.1. The van der Waals surface area contributed by atoms with E-state index in [9.17, 15) is 18.0 Å². The maximum absolute atomic E-state index is 14.9. The number of rotatable bonds is 7. The van der Waals surface area contributed by atoms with Gasteiger partial charge in [0, 0.05) is 47.0 Å². The number of halogens is 3. The van der Waals surface area contributed by atoms with Crippen LogP contribution in [-0.2, 0) is 24.4 Å². The summed E-state index contributed by atoms with van der Waals surface area (Å²) in [6, 6.07) is 8.44. The Bertz CT molecular complexity index is 1320. The van der Waals surface area contributed by atoms with E-state index in [0.717, 1.165) is 18.2 Å². The van der Waals surface area contributed by atoms with Crippen LogP contribution in [0.3, 0.4) is 0 Å². The standard InChI is InChI=1S/C23H17F3N2O4/c24-15-2-1-13(8-21(29)30)19(9-15)31-11-12-5-14-7-20(25)32-23(14)17(6-12)16-3-4-28-18(10-27)22(16)26/h1-7,9H,8,10-11,27H2,(H,29,30). The Labute approximate surface area is 180 Å². The van der Waals surface area contributed by atoms with Gasteiger partial charge in [0.15, 0.2) is 5.82 Å². The van der Waals surface area contributed by atoms with Crippen LogP contribution in [0.2, 0.25) is 0 Å². The van der Waals surface area contributed by atoms with Crippen molar-refractivity contribution in [3.8, 4) is 16.9 Å². The normalized spacial score (nSPS) is 11.1. The van der Waals surface area contributed by atoms with E-state index in [-0.39, 0.29) is 47.7 Å². The summed E-state index contributed by atoms with van der Waals surface area (Å²) in [5, 5.41) is 9.42. The predicted octanol–water partition coefficient (Wildman–Crippen LogP) is 4.58. The zero-order valence-corrected chi connectivity index (χ0v) is 16.6. The molecular formula is C23H17F3N2O4. The first-order valence-corrected chi connectivity index (χ1v) is 9.54. The highest BCUT2D eigenvalue weighted by Gasteiger charge is 2.18. The second-order valence-electron chi connectivity index (χ2n) is 7.05. The number of hydrogen-bond acceptors (Lipinski definition) is 5. The van der Waals surface area contributed by atoms with E-state index >= 15 is 0 Å². The number of fused-ring (bicyclic) bond motifs is 1. The number of carboxylic acid groups (broad SMARTS) is 1. The van der Waals surface area contributed by atoms with Crippen LogP contribution in [0, 0.1) is 17.6 Å². The molecule has 0 saturated heterocycles. The summed E-state index contributed by atoms with van der Waals surface area (Å²) in [5.74, 6) is -2.27. The van der Waals surface area contributed by atoms with Crippen molar-refractivity contribution in [2.75, 3.05) is 0 Å². The Morgan fingerprint density at radius 1 is 1.09 bits per heavy atom. The van der Waals surface area contributed by atoms with Gasteiger partial charge in [0.1, 0.15) is 23.8 Å². The van der Waals surface area contributed by atoms with Crippen LogP contribution >= 0.6 is 0 Å². The quantitative estimate of drug-likeness (QED) is 0.435. The van der Waals surface area contributed by atoms with Crippen LogP contribution in [0.4, 0.5) is 13.2 Å². The van der Waals surface area contributed by atoms with E-state index < -0.39 is 23.6 Å². The molecule has 32 heavy (non-hydrogen) atoms. The minimum absolute atomic E-state index is 0.0439. The Kier molecular flexibility index (Phi) is 5.83. The largest absolute Gasteiger partial charge is 0.488 e. The fourth-order valence-electron chi connectivity index (χ4n) is 3.44. The van der Waals surface area contributed by atoms with Crippen molar-refractivity contribution in [2.24, 2.45) is 5.73 Å². The van der Waals surface area contributed by atoms with Crippen molar-refractivity contribution in [3.05, 3.63) is 83.1 Å². The highest BCUT2D eigenvalue weighted by Crippen LogP contribution is 2.34. The molecule has 2 aromatic heterocycles. The van der Waals surface area contributed by atoms with Crippen molar-refractivity contribution >= 4 is 16.9 Å². The fourth-order valence-corrected chi connectivity index (χ4v) is 3.44. The number of furan rings is 1. The van der Waals surface area contributed by atoms with Crippen molar-refractivity contribution < 1.29 is 32.2 Å². The minimum atomic E-state index is -1.09. The molecule has 0 fully saturated rings. The molecular weight excluding hydrogens is 425 g/mol. The molecule has 6 nitrogen and oxygen atoms in total. The summed E-state index contributed by atoms with van der Waals surface area (Å²) < 4.78 is 53.2. The number of ether oxygens (including phenoxy) is 1. The van der Waals surface area contributed by atoms with Crippen molar-refractivity contribution in [3.63, 3.8) is 0 Å². The Balaban J connectivity index is 1.75. The first-order valence-electron chi connectivity index (χ1n) is 9.54. The predicted molar refractivity (Wildman–Crippen MR) is 109 cm³/mol. The average molecular weight is 442 g/mol. The number of nitrogens with two attached hydrogens (primary N) is 1. The lowest BCUT2D eigenvalue weighted by Crippen LogP contribution is -2.05. The molecule has 0 saturated carbocycles. The van der Waals surface area contributed by atoms with E-state index in [1.165, 1.54) is 18.3 Å². The number of hydrogen-bond donors (Lipinski definition) is 2. The number of carboxylic acids is 1. The van der Waals surface area contributed by atoms with Gasteiger partial charge >= 0.3 is 5.97 Å². The summed E-state index contributed by atoms with van der Waals surface area (Å²) in [5.41, 5.74) is 6.91. The van der Waals surface area contributed by atoms with Gasteiger partial charge in [-0.25, -0.2) is 8.78 Å². The number of benzene rings is 2. The Morgan fingerprint density at radius 3 is 2.66 bits per heavy atom. The summed E-state index contributed by atoms with van der Waals surface area (Å²) in [6.07, 6.45) is 1.04. The van der Waals surface area contributed by atoms with Gasteiger partial charge in [-0.3, -0.25) is 9.78 Å². The topological polar surface area (TPSA) is 98.6 Å². The first-order chi connectivity index (χ1) is 15.4. The third-order valence-electron chi connectivity index (χ3n) is 4.86. The maximum atomic E-state index is 14.9. The molecule has 0 unspecified atom stereocenters. The average Bonchev–Trinajstić information content (AvgIpc) is 3.13. The second-order valence-corrected chi connectivity index (χ2v) is 7.05. The monoisotopic (exact) mass is 442 g/mol. The molecule has 4 aromatic rings. The van der Waals surface area contributed by atoms with Crippen LogP contribution in [0.25, 0.3) is 22.1 Å². The molecule has 9 heteroatoms. The van der Waals surface area contributed by atoms with Crippen LogP contribution in [-0.4, -0.2) is 16.1 Å².